The van der Waals surface area contributed by atoms with Crippen LogP contribution in [0.5, 0.6) is 0 Å². The van der Waals surface area contributed by atoms with Crippen LogP contribution < -0.4 is 10.0 Å². The second-order valence-corrected chi connectivity index (χ2v) is 8.71. The normalized spacial score (nSPS) is 12.9. The second-order valence-electron chi connectivity index (χ2n) is 7.00. The van der Waals surface area contributed by atoms with Crippen LogP contribution in [0.2, 0.25) is 0 Å². The van der Waals surface area contributed by atoms with Crippen molar-refractivity contribution < 1.29 is 35.2 Å². The Hall–Kier alpha value is -3.31. The van der Waals surface area contributed by atoms with Gasteiger partial charge in [0.25, 0.3) is 0 Å². The number of anilines is 1. The average Bonchev–Trinajstić information content (AvgIpc) is 2.74. The molecule has 0 aliphatic carbocycles. The molecule has 11 heteroatoms. The molecular weight excluding hydrogens is 467 g/mol. The van der Waals surface area contributed by atoms with Crippen molar-refractivity contribution >= 4 is 21.6 Å². The number of amides is 1. The quantitative estimate of drug-likeness (QED) is 0.485. The van der Waals surface area contributed by atoms with E-state index in [-0.39, 0.29) is 17.0 Å². The van der Waals surface area contributed by atoms with Crippen LogP contribution in [0.3, 0.4) is 0 Å². The highest BCUT2D eigenvalue weighted by Gasteiger charge is 2.34. The first-order chi connectivity index (χ1) is 15.5. The Morgan fingerprint density at radius 1 is 0.909 bits per heavy atom. The molecule has 0 aliphatic heterocycles. The number of carbonyl (C=O) groups is 1. The summed E-state index contributed by atoms with van der Waals surface area (Å²) in [5, 5.41) is 2.19. The maximum absolute atomic E-state index is 13.5. The summed E-state index contributed by atoms with van der Waals surface area (Å²) < 4.78 is 93.3. The highest BCUT2D eigenvalue weighted by Crippen LogP contribution is 2.33. The van der Waals surface area contributed by atoms with Gasteiger partial charge in [0.1, 0.15) is 17.7 Å². The van der Waals surface area contributed by atoms with Crippen molar-refractivity contribution in [2.24, 2.45) is 0 Å². The molecule has 5 nitrogen and oxygen atoms in total. The predicted molar refractivity (Wildman–Crippen MR) is 111 cm³/mol. The fourth-order valence-electron chi connectivity index (χ4n) is 2.96. The Bertz CT molecular complexity index is 1230. The molecule has 0 bridgehead atoms. The molecule has 1 amide bonds. The Balaban J connectivity index is 1.89. The number of sulfonamides is 1. The van der Waals surface area contributed by atoms with Gasteiger partial charge in [0.2, 0.25) is 15.9 Å². The van der Waals surface area contributed by atoms with Gasteiger partial charge < -0.3 is 5.32 Å². The third-order valence-electron chi connectivity index (χ3n) is 4.56. The van der Waals surface area contributed by atoms with Crippen LogP contribution in [0, 0.1) is 11.6 Å². The minimum Gasteiger partial charge on any atom is -0.325 e. The van der Waals surface area contributed by atoms with Crippen LogP contribution in [0.4, 0.5) is 27.6 Å². The standard InChI is InChI=1S/C22H17F5N2O3S/c23-15-6-9-17(10-7-15)33(31,32)29-20(12-14-4-2-1-3-5-14)21(30)28-16-8-11-19(24)18(13-16)22(25,26)27/h1-11,13,20,29H,12H2,(H,28,30)/t20-/m1/s1. The smallest absolute Gasteiger partial charge is 0.325 e. The third kappa shape index (κ3) is 6.36. The molecule has 3 aromatic carbocycles. The molecule has 2 N–H and O–H groups in total. The molecule has 174 valence electrons. The Kier molecular flexibility index (Phi) is 7.13. The van der Waals surface area contributed by atoms with E-state index in [1.807, 2.05) is 0 Å². The highest BCUT2D eigenvalue weighted by molar-refractivity contribution is 7.89. The summed E-state index contributed by atoms with van der Waals surface area (Å²) in [5.41, 5.74) is -1.38. The van der Waals surface area contributed by atoms with E-state index in [1.54, 1.807) is 30.3 Å². The Morgan fingerprint density at radius 3 is 2.15 bits per heavy atom. The van der Waals surface area contributed by atoms with E-state index in [9.17, 15) is 35.2 Å². The Labute approximate surface area is 186 Å². The lowest BCUT2D eigenvalue weighted by atomic mass is 10.1. The van der Waals surface area contributed by atoms with Crippen molar-refractivity contribution in [1.29, 1.82) is 0 Å². The molecule has 0 saturated carbocycles. The number of nitrogens with one attached hydrogen (secondary N) is 2. The van der Waals surface area contributed by atoms with Crippen LogP contribution in [-0.2, 0) is 27.4 Å². The molecule has 0 aliphatic rings. The van der Waals surface area contributed by atoms with Crippen LogP contribution >= 0.6 is 0 Å². The summed E-state index contributed by atoms with van der Waals surface area (Å²) in [6, 6.07) is 12.6. The van der Waals surface area contributed by atoms with Gasteiger partial charge in [-0.2, -0.15) is 17.9 Å². The molecule has 3 aromatic rings. The summed E-state index contributed by atoms with van der Waals surface area (Å²) in [4.78, 5) is 12.5. The van der Waals surface area contributed by atoms with Gasteiger partial charge in [-0.1, -0.05) is 30.3 Å². The largest absolute Gasteiger partial charge is 0.419 e. The SMILES string of the molecule is O=C(Nc1ccc(F)c(C(F)(F)F)c1)[C@@H](Cc1ccccc1)NS(=O)(=O)c1ccc(F)cc1. The number of hydrogen-bond donors (Lipinski definition) is 2. The number of hydrogen-bond acceptors (Lipinski definition) is 3. The van der Waals surface area contributed by atoms with Gasteiger partial charge in [0.15, 0.2) is 0 Å². The monoisotopic (exact) mass is 484 g/mol. The number of benzene rings is 3. The van der Waals surface area contributed by atoms with Gasteiger partial charge in [-0.05, 0) is 54.4 Å². The van der Waals surface area contributed by atoms with E-state index in [1.165, 1.54) is 0 Å². The molecular formula is C22H17F5N2O3S. The van der Waals surface area contributed by atoms with Crippen LogP contribution in [-0.4, -0.2) is 20.4 Å². The molecule has 0 spiro atoms. The summed E-state index contributed by atoms with van der Waals surface area (Å²) >= 11 is 0. The fourth-order valence-corrected chi connectivity index (χ4v) is 4.15. The molecule has 0 fully saturated rings. The summed E-state index contributed by atoms with van der Waals surface area (Å²) in [6.45, 7) is 0. The lowest BCUT2D eigenvalue weighted by Gasteiger charge is -2.19. The second kappa shape index (κ2) is 9.67. The molecule has 33 heavy (non-hydrogen) atoms. The van der Waals surface area contributed by atoms with Crippen molar-refractivity contribution in [3.05, 3.63) is 95.6 Å². The first-order valence-electron chi connectivity index (χ1n) is 9.45. The molecule has 1 atom stereocenters. The van der Waals surface area contributed by atoms with Gasteiger partial charge in [-0.3, -0.25) is 4.79 Å². The third-order valence-corrected chi connectivity index (χ3v) is 6.05. The van der Waals surface area contributed by atoms with Crippen molar-refractivity contribution in [3.63, 3.8) is 0 Å². The number of rotatable bonds is 7. The molecule has 0 saturated heterocycles. The first kappa shape index (κ1) is 24.3. The summed E-state index contributed by atoms with van der Waals surface area (Å²) in [7, 11) is -4.29. The number of alkyl halides is 3. The van der Waals surface area contributed by atoms with Crippen molar-refractivity contribution in [2.45, 2.75) is 23.5 Å². The molecule has 0 radical (unpaired) electrons. The molecule has 0 heterocycles. The van der Waals surface area contributed by atoms with Gasteiger partial charge in [-0.25, -0.2) is 17.2 Å². The van der Waals surface area contributed by atoms with E-state index in [0.717, 1.165) is 30.3 Å². The van der Waals surface area contributed by atoms with Crippen LogP contribution in [0.1, 0.15) is 11.1 Å². The van der Waals surface area contributed by atoms with Gasteiger partial charge in [0.05, 0.1) is 10.5 Å². The van der Waals surface area contributed by atoms with Gasteiger partial charge in [-0.15, -0.1) is 0 Å². The van der Waals surface area contributed by atoms with Gasteiger partial charge in [0, 0.05) is 5.69 Å². The minimum absolute atomic E-state index is 0.138. The van der Waals surface area contributed by atoms with E-state index in [0.29, 0.717) is 17.7 Å². The number of carbonyl (C=O) groups excluding carboxylic acids is 1. The summed E-state index contributed by atoms with van der Waals surface area (Å²) in [5.74, 6) is -3.15. The zero-order valence-corrected chi connectivity index (χ0v) is 17.6. The van der Waals surface area contributed by atoms with Crippen molar-refractivity contribution in [3.8, 4) is 0 Å². The Morgan fingerprint density at radius 2 is 1.55 bits per heavy atom. The lowest BCUT2D eigenvalue weighted by molar-refractivity contribution is -0.140. The van der Waals surface area contributed by atoms with E-state index >= 15 is 0 Å². The minimum atomic E-state index is -4.99. The molecule has 0 unspecified atom stereocenters. The first-order valence-corrected chi connectivity index (χ1v) is 10.9. The maximum atomic E-state index is 13.5. The van der Waals surface area contributed by atoms with E-state index in [2.05, 4.69) is 10.0 Å². The summed E-state index contributed by atoms with van der Waals surface area (Å²) in [6.07, 6.45) is -5.13. The van der Waals surface area contributed by atoms with Crippen molar-refractivity contribution in [1.82, 2.24) is 4.72 Å². The average molecular weight is 484 g/mol. The lowest BCUT2D eigenvalue weighted by Crippen LogP contribution is -2.45. The maximum Gasteiger partial charge on any atom is 0.419 e. The predicted octanol–water partition coefficient (Wildman–Crippen LogP) is 4.51. The molecule has 3 rings (SSSR count). The van der Waals surface area contributed by atoms with Crippen LogP contribution in [0.15, 0.2) is 77.7 Å². The zero-order valence-electron chi connectivity index (χ0n) is 16.7. The fraction of sp³-hybridized carbons (Fsp3) is 0.136. The zero-order chi connectivity index (χ0) is 24.2. The molecule has 0 aromatic heterocycles. The topological polar surface area (TPSA) is 75.3 Å². The number of halogens is 5. The van der Waals surface area contributed by atoms with E-state index < -0.39 is 45.3 Å². The van der Waals surface area contributed by atoms with Crippen LogP contribution in [0.25, 0.3) is 0 Å². The van der Waals surface area contributed by atoms with Crippen molar-refractivity contribution in [2.75, 3.05) is 5.32 Å². The highest BCUT2D eigenvalue weighted by atomic mass is 32.2. The van der Waals surface area contributed by atoms with E-state index in [4.69, 9.17) is 0 Å². The van der Waals surface area contributed by atoms with Gasteiger partial charge >= 0.3 is 6.18 Å².